The number of nitrogens with zero attached hydrogens (tertiary/aromatic N) is 2. The Kier molecular flexibility index (Phi) is 7.92. The van der Waals surface area contributed by atoms with Gasteiger partial charge in [0.15, 0.2) is 0 Å². The van der Waals surface area contributed by atoms with E-state index >= 15 is 0 Å². The Labute approximate surface area is 222 Å². The fourth-order valence-corrected chi connectivity index (χ4v) is 5.55. The molecule has 0 aliphatic carbocycles. The number of thioether (sulfide) groups is 1. The zero-order chi connectivity index (χ0) is 25.5. The molecule has 0 saturated carbocycles. The number of hydrogen-bond acceptors (Lipinski definition) is 4. The number of rotatable bonds is 9. The van der Waals surface area contributed by atoms with Crippen LogP contribution in [0.5, 0.6) is 0 Å². The fraction of sp³-hybridized carbons (Fsp3) is 0.156. The van der Waals surface area contributed by atoms with Crippen molar-refractivity contribution in [3.63, 3.8) is 0 Å². The zero-order valence-electron chi connectivity index (χ0n) is 20.8. The molecule has 1 N–H and O–H groups in total. The quantitative estimate of drug-likeness (QED) is 0.213. The van der Waals surface area contributed by atoms with Gasteiger partial charge in [0.2, 0.25) is 5.91 Å². The van der Waals surface area contributed by atoms with Crippen LogP contribution in [0, 0.1) is 0 Å². The third-order valence-electron chi connectivity index (χ3n) is 6.47. The summed E-state index contributed by atoms with van der Waals surface area (Å²) in [5.74, 6) is 0.714. The van der Waals surface area contributed by atoms with E-state index in [2.05, 4.69) is 47.6 Å². The second-order valence-electron chi connectivity index (χ2n) is 8.89. The van der Waals surface area contributed by atoms with Gasteiger partial charge in [-0.2, -0.15) is 0 Å². The summed E-state index contributed by atoms with van der Waals surface area (Å²) >= 11 is 1.74. The number of carbonyl (C=O) groups is 1. The Morgan fingerprint density at radius 2 is 1.51 bits per heavy atom. The van der Waals surface area contributed by atoms with Gasteiger partial charge in [0.1, 0.15) is 0 Å². The average Bonchev–Trinajstić information content (AvgIpc) is 2.96. The molecule has 0 bridgehead atoms. The number of hydrogen-bond donors (Lipinski definition) is 1. The Bertz CT molecular complexity index is 1470. The molecule has 37 heavy (non-hydrogen) atoms. The lowest BCUT2D eigenvalue weighted by Gasteiger charge is -2.20. The summed E-state index contributed by atoms with van der Waals surface area (Å²) < 4.78 is 0. The monoisotopic (exact) mass is 503 g/mol. The van der Waals surface area contributed by atoms with Crippen LogP contribution < -0.4 is 5.32 Å². The van der Waals surface area contributed by atoms with Gasteiger partial charge in [0.25, 0.3) is 0 Å². The third-order valence-corrected chi connectivity index (χ3v) is 7.51. The van der Waals surface area contributed by atoms with Crippen LogP contribution in [0.1, 0.15) is 36.1 Å². The predicted molar refractivity (Wildman–Crippen MR) is 152 cm³/mol. The molecule has 5 aromatic rings. The molecular weight excluding hydrogens is 474 g/mol. The molecular formula is C32H29N3OS. The Balaban J connectivity index is 1.56. The normalized spacial score (nSPS) is 11.8. The van der Waals surface area contributed by atoms with Crippen LogP contribution in [0.15, 0.2) is 114 Å². The van der Waals surface area contributed by atoms with Gasteiger partial charge in [-0.1, -0.05) is 85.8 Å². The molecule has 184 valence electrons. The highest BCUT2D eigenvalue weighted by Gasteiger charge is 2.20. The maximum absolute atomic E-state index is 13.5. The first-order valence-electron chi connectivity index (χ1n) is 12.6. The van der Waals surface area contributed by atoms with Crippen LogP contribution in [0.2, 0.25) is 0 Å². The van der Waals surface area contributed by atoms with Crippen molar-refractivity contribution in [1.29, 1.82) is 0 Å². The van der Waals surface area contributed by atoms with Gasteiger partial charge < -0.3 is 5.32 Å². The van der Waals surface area contributed by atoms with Gasteiger partial charge >= 0.3 is 0 Å². The summed E-state index contributed by atoms with van der Waals surface area (Å²) in [5, 5.41) is 4.31. The largest absolute Gasteiger partial charge is 0.349 e. The van der Waals surface area contributed by atoms with E-state index < -0.39 is 0 Å². The maximum Gasteiger partial charge on any atom is 0.224 e. The van der Waals surface area contributed by atoms with E-state index in [1.165, 1.54) is 0 Å². The summed E-state index contributed by atoms with van der Waals surface area (Å²) in [6.45, 7) is 2.10. The van der Waals surface area contributed by atoms with Crippen LogP contribution in [0.25, 0.3) is 22.2 Å². The summed E-state index contributed by atoms with van der Waals surface area (Å²) in [7, 11) is 0. The van der Waals surface area contributed by atoms with Crippen molar-refractivity contribution in [3.05, 3.63) is 126 Å². The van der Waals surface area contributed by atoms with Crippen molar-refractivity contribution < 1.29 is 4.79 Å². The van der Waals surface area contributed by atoms with E-state index in [1.54, 1.807) is 11.8 Å². The van der Waals surface area contributed by atoms with Crippen molar-refractivity contribution >= 4 is 28.6 Å². The number of fused-ring (bicyclic) bond motifs is 1. The molecule has 3 aromatic carbocycles. The predicted octanol–water partition coefficient (Wildman–Crippen LogP) is 7.40. The lowest BCUT2D eigenvalue weighted by Crippen LogP contribution is -2.30. The van der Waals surface area contributed by atoms with Crippen LogP contribution >= 0.6 is 11.8 Å². The summed E-state index contributed by atoms with van der Waals surface area (Å²) in [5.41, 5.74) is 6.13. The molecule has 0 radical (unpaired) electrons. The molecule has 0 unspecified atom stereocenters. The van der Waals surface area contributed by atoms with E-state index in [9.17, 15) is 4.79 Å². The SMILES string of the molecule is CC[C@H](NC(=O)Cc1c(CSc2ccncc2)c(-c2ccccc2)nc2ccccc12)c1ccccc1. The first kappa shape index (κ1) is 24.7. The van der Waals surface area contributed by atoms with Gasteiger partial charge in [0, 0.05) is 34.0 Å². The number of nitrogens with one attached hydrogen (secondary N) is 1. The lowest BCUT2D eigenvalue weighted by atomic mass is 9.95. The van der Waals surface area contributed by atoms with Gasteiger partial charge in [0.05, 0.1) is 23.7 Å². The van der Waals surface area contributed by atoms with Crippen LogP contribution in [0.4, 0.5) is 0 Å². The van der Waals surface area contributed by atoms with Crippen molar-refractivity contribution in [3.8, 4) is 11.3 Å². The molecule has 1 atom stereocenters. The van der Waals surface area contributed by atoms with Gasteiger partial charge in [-0.25, -0.2) is 4.98 Å². The minimum atomic E-state index is -0.0231. The number of pyridine rings is 2. The number of para-hydroxylation sites is 1. The second kappa shape index (κ2) is 11.8. The molecule has 5 heteroatoms. The first-order chi connectivity index (χ1) is 18.2. The topological polar surface area (TPSA) is 54.9 Å². The molecule has 1 amide bonds. The Morgan fingerprint density at radius 1 is 0.838 bits per heavy atom. The van der Waals surface area contributed by atoms with E-state index in [1.807, 2.05) is 79.1 Å². The summed E-state index contributed by atoms with van der Waals surface area (Å²) in [6, 6.07) is 32.6. The molecule has 0 aliphatic heterocycles. The summed E-state index contributed by atoms with van der Waals surface area (Å²) in [6.07, 6.45) is 4.73. The Morgan fingerprint density at radius 3 is 2.24 bits per heavy atom. The van der Waals surface area contributed by atoms with Crippen LogP contribution in [-0.2, 0) is 17.0 Å². The summed E-state index contributed by atoms with van der Waals surface area (Å²) in [4.78, 5) is 23.9. The van der Waals surface area contributed by atoms with E-state index in [-0.39, 0.29) is 11.9 Å². The number of carbonyl (C=O) groups excluding carboxylic acids is 1. The minimum absolute atomic E-state index is 0.0150. The molecule has 0 aliphatic rings. The molecule has 0 spiro atoms. The van der Waals surface area contributed by atoms with E-state index in [4.69, 9.17) is 4.98 Å². The highest BCUT2D eigenvalue weighted by molar-refractivity contribution is 7.98. The van der Waals surface area contributed by atoms with Gasteiger partial charge in [-0.15, -0.1) is 11.8 Å². The van der Waals surface area contributed by atoms with Gasteiger partial charge in [-0.05, 0) is 41.3 Å². The average molecular weight is 504 g/mol. The molecule has 4 nitrogen and oxygen atoms in total. The molecule has 2 aromatic heterocycles. The number of benzene rings is 3. The smallest absolute Gasteiger partial charge is 0.224 e. The molecule has 2 heterocycles. The third kappa shape index (κ3) is 5.89. The Hall–Kier alpha value is -3.96. The van der Waals surface area contributed by atoms with E-state index in [0.717, 1.165) is 50.2 Å². The fourth-order valence-electron chi connectivity index (χ4n) is 4.61. The van der Waals surface area contributed by atoms with Crippen molar-refractivity contribution in [2.45, 2.75) is 36.5 Å². The van der Waals surface area contributed by atoms with Crippen LogP contribution in [0.3, 0.4) is 0 Å². The second-order valence-corrected chi connectivity index (χ2v) is 9.94. The first-order valence-corrected chi connectivity index (χ1v) is 13.5. The highest BCUT2D eigenvalue weighted by Crippen LogP contribution is 2.35. The van der Waals surface area contributed by atoms with Crippen molar-refractivity contribution in [2.24, 2.45) is 0 Å². The van der Waals surface area contributed by atoms with Gasteiger partial charge in [-0.3, -0.25) is 9.78 Å². The molecule has 0 fully saturated rings. The molecule has 5 rings (SSSR count). The lowest BCUT2D eigenvalue weighted by molar-refractivity contribution is -0.121. The molecule has 0 saturated heterocycles. The maximum atomic E-state index is 13.5. The zero-order valence-corrected chi connectivity index (χ0v) is 21.6. The van der Waals surface area contributed by atoms with Crippen molar-refractivity contribution in [1.82, 2.24) is 15.3 Å². The van der Waals surface area contributed by atoms with Crippen LogP contribution in [-0.4, -0.2) is 15.9 Å². The standard InChI is InChI=1S/C32H29N3OS/c1-2-29(23-11-5-3-6-12-23)34-31(36)21-27-26-15-9-10-16-30(26)35-32(24-13-7-4-8-14-24)28(27)22-37-25-17-19-33-20-18-25/h3-20,29H,2,21-22H2,1H3,(H,34,36)/t29-/m0/s1. The highest BCUT2D eigenvalue weighted by atomic mass is 32.2. The van der Waals surface area contributed by atoms with E-state index in [0.29, 0.717) is 12.2 Å². The number of amides is 1. The van der Waals surface area contributed by atoms with Crippen molar-refractivity contribution in [2.75, 3.05) is 0 Å². The minimum Gasteiger partial charge on any atom is -0.349 e. The number of aromatic nitrogens is 2.